The largest absolute Gasteiger partial charge is 0.362 e. The summed E-state index contributed by atoms with van der Waals surface area (Å²) in [4.78, 5) is 41.7. The second-order valence-corrected chi connectivity index (χ2v) is 9.60. The third-order valence-corrected chi connectivity index (χ3v) is 7.73. The third kappa shape index (κ3) is 4.91. The number of piperazine rings is 1. The van der Waals surface area contributed by atoms with E-state index in [1.54, 1.807) is 31.7 Å². The molecule has 178 valence electrons. The van der Waals surface area contributed by atoms with E-state index in [-0.39, 0.29) is 42.3 Å². The quantitative estimate of drug-likeness (QED) is 0.472. The zero-order valence-corrected chi connectivity index (χ0v) is 19.6. The molecule has 0 spiro atoms. The van der Waals surface area contributed by atoms with Gasteiger partial charge in [0.1, 0.15) is 11.3 Å². The maximum Gasteiger partial charge on any atom is 0.293 e. The van der Waals surface area contributed by atoms with Crippen LogP contribution in [0.25, 0.3) is 0 Å². The summed E-state index contributed by atoms with van der Waals surface area (Å²) in [6.45, 7) is 6.79. The Morgan fingerprint density at radius 3 is 2.30 bits per heavy atom. The van der Waals surface area contributed by atoms with Gasteiger partial charge < -0.3 is 14.8 Å². The third-order valence-electron chi connectivity index (χ3n) is 5.68. The van der Waals surface area contributed by atoms with Crippen molar-refractivity contribution in [2.45, 2.75) is 25.7 Å². The molecule has 1 aromatic heterocycles. The number of aromatic amines is 1. The zero-order chi connectivity index (χ0) is 24.3. The minimum absolute atomic E-state index is 0.0472. The molecule has 1 N–H and O–H groups in total. The van der Waals surface area contributed by atoms with Crippen molar-refractivity contribution in [3.63, 3.8) is 0 Å². The monoisotopic (exact) mass is 477 g/mol. The summed E-state index contributed by atoms with van der Waals surface area (Å²) >= 11 is 0. The molecule has 0 bridgehead atoms. The first kappa shape index (κ1) is 24.4. The lowest BCUT2D eigenvalue weighted by Gasteiger charge is -2.35. The van der Waals surface area contributed by atoms with E-state index in [1.807, 2.05) is 0 Å². The van der Waals surface area contributed by atoms with Gasteiger partial charge in [0.2, 0.25) is 10.0 Å². The highest BCUT2D eigenvalue weighted by atomic mass is 32.2. The molecular formula is C21H27N5O6S. The van der Waals surface area contributed by atoms with Crippen LogP contribution >= 0.6 is 0 Å². The molecule has 0 saturated carbocycles. The molecule has 3 rings (SSSR count). The van der Waals surface area contributed by atoms with Crippen LogP contribution in [0.1, 0.15) is 29.9 Å². The molecule has 1 saturated heterocycles. The fourth-order valence-electron chi connectivity index (χ4n) is 3.85. The van der Waals surface area contributed by atoms with E-state index in [0.717, 1.165) is 6.07 Å². The number of hydrogen-bond acceptors (Lipinski definition) is 7. The van der Waals surface area contributed by atoms with Gasteiger partial charge in [0.05, 0.1) is 9.82 Å². The number of sulfonamides is 1. The van der Waals surface area contributed by atoms with Gasteiger partial charge in [0.15, 0.2) is 0 Å². The zero-order valence-electron chi connectivity index (χ0n) is 18.8. The molecule has 1 aromatic carbocycles. The molecule has 0 radical (unpaired) electrons. The van der Waals surface area contributed by atoms with Crippen molar-refractivity contribution in [2.75, 3.05) is 44.2 Å². The van der Waals surface area contributed by atoms with Crippen molar-refractivity contribution in [3.8, 4) is 0 Å². The highest BCUT2D eigenvalue weighted by Crippen LogP contribution is 2.32. The Morgan fingerprint density at radius 2 is 1.76 bits per heavy atom. The van der Waals surface area contributed by atoms with E-state index in [2.05, 4.69) is 4.98 Å². The predicted octanol–water partition coefficient (Wildman–Crippen LogP) is 1.58. The first-order chi connectivity index (χ1) is 15.6. The van der Waals surface area contributed by atoms with E-state index in [9.17, 15) is 28.1 Å². The molecule has 1 amide bonds. The SMILES string of the molecule is CCN(CC)S(=O)(=O)c1ccc(N2CCN(C(=O)c3ccc(C)[nH]c3=O)CC2)c([N+](=O)[O-])c1. The number of aromatic nitrogens is 1. The van der Waals surface area contributed by atoms with Crippen molar-refractivity contribution in [3.05, 3.63) is 62.1 Å². The molecule has 33 heavy (non-hydrogen) atoms. The van der Waals surface area contributed by atoms with Gasteiger partial charge in [-0.3, -0.25) is 19.7 Å². The van der Waals surface area contributed by atoms with Gasteiger partial charge in [-0.05, 0) is 31.2 Å². The number of aryl methyl sites for hydroxylation is 1. The van der Waals surface area contributed by atoms with E-state index >= 15 is 0 Å². The molecule has 1 fully saturated rings. The van der Waals surface area contributed by atoms with Crippen molar-refractivity contribution in [1.29, 1.82) is 0 Å². The van der Waals surface area contributed by atoms with Crippen LogP contribution in [0.15, 0.2) is 40.0 Å². The van der Waals surface area contributed by atoms with Crippen LogP contribution in [0.3, 0.4) is 0 Å². The molecule has 1 aliphatic heterocycles. The summed E-state index contributed by atoms with van der Waals surface area (Å²) in [5.74, 6) is -0.397. The number of amides is 1. The topological polar surface area (TPSA) is 137 Å². The number of nitrogens with one attached hydrogen (secondary N) is 1. The van der Waals surface area contributed by atoms with Crippen LogP contribution in [0, 0.1) is 17.0 Å². The van der Waals surface area contributed by atoms with Crippen molar-refractivity contribution >= 4 is 27.3 Å². The van der Waals surface area contributed by atoms with Gasteiger partial charge >= 0.3 is 0 Å². The summed E-state index contributed by atoms with van der Waals surface area (Å²) in [6, 6.07) is 7.05. The number of anilines is 1. The lowest BCUT2D eigenvalue weighted by atomic mass is 10.2. The second-order valence-electron chi connectivity index (χ2n) is 7.66. The number of benzene rings is 1. The van der Waals surface area contributed by atoms with Crippen LogP contribution in [0.4, 0.5) is 11.4 Å². The van der Waals surface area contributed by atoms with Gasteiger partial charge in [-0.2, -0.15) is 4.31 Å². The van der Waals surface area contributed by atoms with Crippen LogP contribution in [-0.4, -0.2) is 72.7 Å². The smallest absolute Gasteiger partial charge is 0.293 e. The number of nitro benzene ring substituents is 1. The highest BCUT2D eigenvalue weighted by Gasteiger charge is 2.30. The summed E-state index contributed by atoms with van der Waals surface area (Å²) in [5, 5.41) is 11.7. The minimum atomic E-state index is -3.84. The summed E-state index contributed by atoms with van der Waals surface area (Å²) in [7, 11) is -3.84. The summed E-state index contributed by atoms with van der Waals surface area (Å²) < 4.78 is 26.8. The van der Waals surface area contributed by atoms with Gasteiger partial charge in [-0.1, -0.05) is 13.8 Å². The number of nitrogens with zero attached hydrogens (tertiary/aromatic N) is 4. The minimum Gasteiger partial charge on any atom is -0.362 e. The first-order valence-corrected chi connectivity index (χ1v) is 12.1. The van der Waals surface area contributed by atoms with Crippen molar-refractivity contribution < 1.29 is 18.1 Å². The Labute approximate surface area is 191 Å². The highest BCUT2D eigenvalue weighted by molar-refractivity contribution is 7.89. The Hall–Kier alpha value is -3.25. The van der Waals surface area contributed by atoms with E-state index in [1.165, 1.54) is 27.4 Å². The van der Waals surface area contributed by atoms with Gasteiger partial charge in [-0.15, -0.1) is 0 Å². The number of H-pyrrole nitrogens is 1. The Bertz CT molecular complexity index is 1210. The number of hydrogen-bond donors (Lipinski definition) is 1. The number of nitro groups is 1. The summed E-state index contributed by atoms with van der Waals surface area (Å²) in [6.07, 6.45) is 0. The first-order valence-electron chi connectivity index (χ1n) is 10.6. The second kappa shape index (κ2) is 9.71. The Balaban J connectivity index is 1.81. The average molecular weight is 478 g/mol. The predicted molar refractivity (Wildman–Crippen MR) is 123 cm³/mol. The maximum atomic E-state index is 12.8. The molecule has 11 nitrogen and oxygen atoms in total. The average Bonchev–Trinajstić information content (AvgIpc) is 2.79. The van der Waals surface area contributed by atoms with Crippen LogP contribution < -0.4 is 10.5 Å². The molecular weight excluding hydrogens is 450 g/mol. The fourth-order valence-corrected chi connectivity index (χ4v) is 5.33. The number of rotatable bonds is 7. The molecule has 2 heterocycles. The van der Waals surface area contributed by atoms with Gasteiger partial charge in [0.25, 0.3) is 17.2 Å². The Morgan fingerprint density at radius 1 is 1.12 bits per heavy atom. The van der Waals surface area contributed by atoms with E-state index < -0.39 is 26.4 Å². The molecule has 0 atom stereocenters. The molecule has 1 aliphatic rings. The maximum absolute atomic E-state index is 12.8. The standard InChI is InChI=1S/C21H27N5O6S/c1-4-25(5-2)33(31,32)16-7-9-18(19(14-16)26(29)30)23-10-12-24(13-11-23)21(28)17-8-6-15(3)22-20(17)27/h6-9,14H,4-5,10-13H2,1-3H3,(H,22,27). The molecule has 0 aliphatic carbocycles. The molecule has 0 unspecified atom stereocenters. The van der Waals surface area contributed by atoms with Crippen molar-refractivity contribution in [2.24, 2.45) is 0 Å². The van der Waals surface area contributed by atoms with Crippen molar-refractivity contribution in [1.82, 2.24) is 14.2 Å². The molecule has 2 aromatic rings. The lowest BCUT2D eigenvalue weighted by Crippen LogP contribution is -2.49. The lowest BCUT2D eigenvalue weighted by molar-refractivity contribution is -0.384. The van der Waals surface area contributed by atoms with Crippen LogP contribution in [0.2, 0.25) is 0 Å². The van der Waals surface area contributed by atoms with Crippen LogP contribution in [0.5, 0.6) is 0 Å². The van der Waals surface area contributed by atoms with Gasteiger partial charge in [0, 0.05) is 51.0 Å². The van der Waals surface area contributed by atoms with E-state index in [4.69, 9.17) is 0 Å². The Kier molecular flexibility index (Phi) is 7.18. The summed E-state index contributed by atoms with van der Waals surface area (Å²) in [5.41, 5.74) is 0.228. The fraction of sp³-hybridized carbons (Fsp3) is 0.429. The number of pyridine rings is 1. The normalized spacial score (nSPS) is 14.5. The van der Waals surface area contributed by atoms with Gasteiger partial charge in [-0.25, -0.2) is 8.42 Å². The van der Waals surface area contributed by atoms with E-state index in [0.29, 0.717) is 24.5 Å². The van der Waals surface area contributed by atoms with Crippen LogP contribution in [-0.2, 0) is 10.0 Å². The number of carbonyl (C=O) groups is 1. The number of carbonyl (C=O) groups excluding carboxylic acids is 1. The molecule has 12 heteroatoms.